The normalized spacial score (nSPS) is 22.8. The molecule has 1 unspecified atom stereocenters. The molecule has 0 spiro atoms. The van der Waals surface area contributed by atoms with Crippen LogP contribution in [-0.2, 0) is 14.3 Å². The van der Waals surface area contributed by atoms with Gasteiger partial charge in [0, 0.05) is 5.41 Å². The number of hydrogen-bond donors (Lipinski definition) is 0. The Labute approximate surface area is 105 Å². The first kappa shape index (κ1) is 13.4. The highest BCUT2D eigenvalue weighted by Crippen LogP contribution is 2.43. The average molecular weight is 265 g/mol. The zero-order chi connectivity index (χ0) is 12.5. The molecule has 1 atom stereocenters. The fraction of sp³-hybridized carbons (Fsp3) is 0.545. The van der Waals surface area contributed by atoms with Crippen LogP contribution in [0.3, 0.4) is 0 Å². The van der Waals surface area contributed by atoms with E-state index >= 15 is 0 Å². The summed E-state index contributed by atoms with van der Waals surface area (Å²) in [5.41, 5.74) is 0.0116. The minimum Gasteiger partial charge on any atom is -0.489 e. The molecule has 90 valence electrons. The van der Waals surface area contributed by atoms with Gasteiger partial charge in [0.2, 0.25) is 0 Å². The summed E-state index contributed by atoms with van der Waals surface area (Å²) in [6, 6.07) is 0. The molecule has 0 aromatic rings. The number of methoxy groups -OCH3 is 1. The van der Waals surface area contributed by atoms with Crippen LogP contribution < -0.4 is 0 Å². The highest BCUT2D eigenvalue weighted by molar-refractivity contribution is 6.55. The Morgan fingerprint density at radius 2 is 2.06 bits per heavy atom. The lowest BCUT2D eigenvalue weighted by molar-refractivity contribution is -0.137. The summed E-state index contributed by atoms with van der Waals surface area (Å²) in [6.07, 6.45) is 1.22. The summed E-state index contributed by atoms with van der Waals surface area (Å²) >= 11 is 11.2. The summed E-state index contributed by atoms with van der Waals surface area (Å²) < 4.78 is 10.4. The van der Waals surface area contributed by atoms with E-state index in [2.05, 4.69) is 0 Å². The second-order valence-electron chi connectivity index (χ2n) is 4.14. The molecule has 0 saturated carbocycles. The molecule has 1 rings (SSSR count). The van der Waals surface area contributed by atoms with Gasteiger partial charge in [-0.25, -0.2) is 4.79 Å². The van der Waals surface area contributed by atoms with Crippen molar-refractivity contribution >= 4 is 29.2 Å². The van der Waals surface area contributed by atoms with Crippen LogP contribution in [-0.4, -0.2) is 19.2 Å². The third kappa shape index (κ3) is 2.36. The third-order valence-corrected chi connectivity index (χ3v) is 2.93. The van der Waals surface area contributed by atoms with Crippen LogP contribution in [0.2, 0.25) is 0 Å². The van der Waals surface area contributed by atoms with Gasteiger partial charge < -0.3 is 9.47 Å². The molecular weight excluding hydrogens is 251 g/mol. The topological polar surface area (TPSA) is 35.5 Å². The fourth-order valence-electron chi connectivity index (χ4n) is 1.86. The Kier molecular flexibility index (Phi) is 3.92. The minimum absolute atomic E-state index is 0.122. The minimum atomic E-state index is -0.508. The van der Waals surface area contributed by atoms with Gasteiger partial charge in [-0.2, -0.15) is 0 Å². The third-order valence-electron chi connectivity index (χ3n) is 2.68. The van der Waals surface area contributed by atoms with Crippen molar-refractivity contribution in [2.75, 3.05) is 7.11 Å². The van der Waals surface area contributed by atoms with Gasteiger partial charge >= 0.3 is 5.97 Å². The van der Waals surface area contributed by atoms with E-state index in [9.17, 15) is 4.79 Å². The van der Waals surface area contributed by atoms with Crippen LogP contribution in [0.15, 0.2) is 21.9 Å². The quantitative estimate of drug-likeness (QED) is 0.719. The predicted molar refractivity (Wildman–Crippen MR) is 63.2 cm³/mol. The van der Waals surface area contributed by atoms with Gasteiger partial charge in [0.15, 0.2) is 0 Å². The van der Waals surface area contributed by atoms with E-state index in [0.717, 1.165) is 0 Å². The summed E-state index contributed by atoms with van der Waals surface area (Å²) in [5.74, 6) is 0.164. The van der Waals surface area contributed by atoms with Crippen LogP contribution in [0.4, 0.5) is 0 Å². The number of carbonyl (C=O) groups is 1. The second-order valence-corrected chi connectivity index (χ2v) is 5.15. The van der Waals surface area contributed by atoms with Crippen molar-refractivity contribution in [3.63, 3.8) is 0 Å². The molecule has 0 N–H and O–H groups in total. The summed E-state index contributed by atoms with van der Waals surface area (Å²) in [7, 11) is 1.34. The standard InChI is InChI=1S/C11H14Cl2O3/c1-6-9(10(14)15-4)11(2,3)7(16-6)5-8(12)13/h5,7H,1-4H3. The second kappa shape index (κ2) is 4.68. The lowest BCUT2D eigenvalue weighted by Crippen LogP contribution is -2.29. The monoisotopic (exact) mass is 264 g/mol. The van der Waals surface area contributed by atoms with Crippen LogP contribution >= 0.6 is 23.2 Å². The number of ether oxygens (including phenoxy) is 2. The highest BCUT2D eigenvalue weighted by Gasteiger charge is 2.45. The summed E-state index contributed by atoms with van der Waals surface area (Å²) in [6.45, 7) is 5.49. The molecule has 0 aromatic carbocycles. The van der Waals surface area contributed by atoms with Crippen LogP contribution in [0.5, 0.6) is 0 Å². The smallest absolute Gasteiger partial charge is 0.337 e. The Morgan fingerprint density at radius 1 is 1.50 bits per heavy atom. The number of rotatable bonds is 2. The average Bonchev–Trinajstić information content (AvgIpc) is 2.35. The molecule has 1 aliphatic rings. The van der Waals surface area contributed by atoms with Crippen molar-refractivity contribution in [2.45, 2.75) is 26.9 Å². The van der Waals surface area contributed by atoms with Crippen molar-refractivity contribution in [1.82, 2.24) is 0 Å². The van der Waals surface area contributed by atoms with Gasteiger partial charge in [-0.05, 0) is 13.0 Å². The summed E-state index contributed by atoms with van der Waals surface area (Å²) in [4.78, 5) is 11.6. The largest absolute Gasteiger partial charge is 0.489 e. The van der Waals surface area contributed by atoms with E-state index in [4.69, 9.17) is 32.7 Å². The molecular formula is C11H14Cl2O3. The van der Waals surface area contributed by atoms with Gasteiger partial charge in [0.05, 0.1) is 12.7 Å². The van der Waals surface area contributed by atoms with E-state index in [1.165, 1.54) is 7.11 Å². The first-order valence-electron chi connectivity index (χ1n) is 4.79. The molecule has 1 heterocycles. The van der Waals surface area contributed by atoms with Gasteiger partial charge in [-0.3, -0.25) is 0 Å². The van der Waals surface area contributed by atoms with Crippen LogP contribution in [0.1, 0.15) is 20.8 Å². The molecule has 5 heteroatoms. The number of hydrogen-bond acceptors (Lipinski definition) is 3. The van der Waals surface area contributed by atoms with Crippen LogP contribution in [0, 0.1) is 5.41 Å². The zero-order valence-corrected chi connectivity index (χ0v) is 11.1. The highest BCUT2D eigenvalue weighted by atomic mass is 35.5. The van der Waals surface area contributed by atoms with E-state index in [-0.39, 0.29) is 16.6 Å². The molecule has 0 amide bonds. The Hall–Kier alpha value is -0.670. The molecule has 0 aromatic heterocycles. The maximum atomic E-state index is 11.6. The summed E-state index contributed by atoms with van der Waals surface area (Å²) in [5, 5.41) is 0. The zero-order valence-electron chi connectivity index (χ0n) is 9.64. The Balaban J connectivity index is 3.08. The van der Waals surface area contributed by atoms with Crippen molar-refractivity contribution in [2.24, 2.45) is 5.41 Å². The first-order chi connectivity index (χ1) is 7.30. The molecule has 0 aliphatic carbocycles. The van der Waals surface area contributed by atoms with E-state index in [0.29, 0.717) is 11.3 Å². The maximum absolute atomic E-state index is 11.6. The SMILES string of the molecule is COC(=O)C1=C(C)OC(C=C(Cl)Cl)C1(C)C. The first-order valence-corrected chi connectivity index (χ1v) is 5.55. The Morgan fingerprint density at radius 3 is 2.50 bits per heavy atom. The molecule has 0 fully saturated rings. The number of halogens is 2. The molecule has 16 heavy (non-hydrogen) atoms. The van der Waals surface area contributed by atoms with Crippen molar-refractivity contribution < 1.29 is 14.3 Å². The molecule has 3 nitrogen and oxygen atoms in total. The number of carbonyl (C=O) groups excluding carboxylic acids is 1. The van der Waals surface area contributed by atoms with Gasteiger partial charge in [-0.1, -0.05) is 37.0 Å². The maximum Gasteiger partial charge on any atom is 0.337 e. The lowest BCUT2D eigenvalue weighted by Gasteiger charge is -2.24. The Bertz CT molecular complexity index is 365. The van der Waals surface area contributed by atoms with Crippen LogP contribution in [0.25, 0.3) is 0 Å². The predicted octanol–water partition coefficient (Wildman–Crippen LogP) is 3.18. The van der Waals surface area contributed by atoms with E-state index in [1.807, 2.05) is 13.8 Å². The van der Waals surface area contributed by atoms with Crippen molar-refractivity contribution in [3.05, 3.63) is 21.9 Å². The number of allylic oxidation sites excluding steroid dienone is 1. The van der Waals surface area contributed by atoms with E-state index < -0.39 is 5.41 Å². The molecule has 0 saturated heterocycles. The van der Waals surface area contributed by atoms with Gasteiger partial charge in [0.1, 0.15) is 16.4 Å². The molecule has 0 bridgehead atoms. The van der Waals surface area contributed by atoms with Crippen molar-refractivity contribution in [1.29, 1.82) is 0 Å². The molecule has 1 aliphatic heterocycles. The number of esters is 1. The van der Waals surface area contributed by atoms with Crippen molar-refractivity contribution in [3.8, 4) is 0 Å². The van der Waals surface area contributed by atoms with Gasteiger partial charge in [-0.15, -0.1) is 0 Å². The lowest BCUT2D eigenvalue weighted by atomic mass is 9.80. The fourth-order valence-corrected chi connectivity index (χ4v) is 2.09. The van der Waals surface area contributed by atoms with Gasteiger partial charge in [0.25, 0.3) is 0 Å². The van der Waals surface area contributed by atoms with E-state index in [1.54, 1.807) is 13.0 Å². The molecule has 0 radical (unpaired) electrons.